The fourth-order valence-corrected chi connectivity index (χ4v) is 4.20. The first-order chi connectivity index (χ1) is 14.5. The minimum Gasteiger partial charge on any atom is -0.462 e. The largest absolute Gasteiger partial charge is 0.462 e. The second kappa shape index (κ2) is 8.48. The molecule has 3 N–H and O–H groups in total. The van der Waals surface area contributed by atoms with Crippen molar-refractivity contribution in [3.63, 3.8) is 0 Å². The van der Waals surface area contributed by atoms with E-state index in [0.29, 0.717) is 41.0 Å². The van der Waals surface area contributed by atoms with Crippen LogP contribution >= 0.6 is 11.8 Å². The Hall–Kier alpha value is -2.86. The second-order valence-electron chi connectivity index (χ2n) is 6.80. The molecule has 4 rings (SSSR count). The van der Waals surface area contributed by atoms with Gasteiger partial charge in [0.25, 0.3) is 0 Å². The lowest BCUT2D eigenvalue weighted by Gasteiger charge is -2.10. The average Bonchev–Trinajstić information content (AvgIpc) is 3.41. The standard InChI is InChI=1S/C18H22N6O5S/c1-3-27-16(25)12-9(2)29-15-13(12)14(19)20-11(21-15)8-30-18-23-22-17(26)24(18)7-10-5-4-6-28-10/h10H,3-8H2,1-2H3,(H,22,26)(H2,19,20,21). The van der Waals surface area contributed by atoms with Crippen molar-refractivity contribution in [1.82, 2.24) is 24.7 Å². The lowest BCUT2D eigenvalue weighted by atomic mass is 10.2. The summed E-state index contributed by atoms with van der Waals surface area (Å²) in [6.07, 6.45) is 1.91. The van der Waals surface area contributed by atoms with Gasteiger partial charge in [-0.15, -0.1) is 5.10 Å². The summed E-state index contributed by atoms with van der Waals surface area (Å²) in [4.78, 5) is 33.0. The van der Waals surface area contributed by atoms with E-state index >= 15 is 0 Å². The SMILES string of the molecule is CCOC(=O)c1c(C)oc2nc(CSc3n[nH]c(=O)n3CC3CCCO3)nc(N)c12. The molecule has 0 saturated carbocycles. The van der Waals surface area contributed by atoms with Crippen LogP contribution in [0.25, 0.3) is 11.1 Å². The molecule has 1 unspecified atom stereocenters. The maximum absolute atomic E-state index is 12.2. The summed E-state index contributed by atoms with van der Waals surface area (Å²) in [5.74, 6) is 0.681. The monoisotopic (exact) mass is 434 g/mol. The molecule has 3 aromatic heterocycles. The number of aromatic amines is 1. The number of H-pyrrole nitrogens is 1. The molecule has 0 bridgehead atoms. The maximum atomic E-state index is 12.2. The Bertz CT molecular complexity index is 1130. The number of fused-ring (bicyclic) bond motifs is 1. The van der Waals surface area contributed by atoms with Crippen LogP contribution in [0.2, 0.25) is 0 Å². The first kappa shape index (κ1) is 20.4. The number of esters is 1. The molecule has 0 spiro atoms. The van der Waals surface area contributed by atoms with Crippen LogP contribution in [0.4, 0.5) is 5.82 Å². The molecule has 160 valence electrons. The number of aromatic nitrogens is 5. The molecule has 4 heterocycles. The summed E-state index contributed by atoms with van der Waals surface area (Å²) in [5, 5.41) is 7.41. The molecule has 0 aromatic carbocycles. The predicted octanol–water partition coefficient (Wildman–Crippen LogP) is 1.65. The zero-order chi connectivity index (χ0) is 21.3. The zero-order valence-corrected chi connectivity index (χ0v) is 17.5. The molecular formula is C18H22N6O5S. The first-order valence-corrected chi connectivity index (χ1v) is 10.6. The lowest BCUT2D eigenvalue weighted by Crippen LogP contribution is -2.25. The van der Waals surface area contributed by atoms with Gasteiger partial charge in [0.2, 0.25) is 5.71 Å². The molecule has 0 amide bonds. The number of carbonyl (C=O) groups excluding carboxylic acids is 1. The highest BCUT2D eigenvalue weighted by molar-refractivity contribution is 7.98. The van der Waals surface area contributed by atoms with Gasteiger partial charge in [-0.05, 0) is 26.7 Å². The number of anilines is 1. The molecule has 3 aromatic rings. The summed E-state index contributed by atoms with van der Waals surface area (Å²) in [7, 11) is 0. The van der Waals surface area contributed by atoms with Gasteiger partial charge in [-0.1, -0.05) is 11.8 Å². The number of ether oxygens (including phenoxy) is 2. The van der Waals surface area contributed by atoms with Gasteiger partial charge in [-0.2, -0.15) is 4.98 Å². The summed E-state index contributed by atoms with van der Waals surface area (Å²) in [6.45, 7) is 4.76. The number of nitrogens with two attached hydrogens (primary N) is 1. The van der Waals surface area contributed by atoms with Gasteiger partial charge in [-0.25, -0.2) is 19.7 Å². The molecule has 30 heavy (non-hydrogen) atoms. The summed E-state index contributed by atoms with van der Waals surface area (Å²) >= 11 is 1.30. The van der Waals surface area contributed by atoms with E-state index in [4.69, 9.17) is 19.6 Å². The van der Waals surface area contributed by atoms with E-state index in [1.54, 1.807) is 18.4 Å². The van der Waals surface area contributed by atoms with Crippen molar-refractivity contribution in [3.8, 4) is 0 Å². The third-order valence-corrected chi connectivity index (χ3v) is 5.72. The van der Waals surface area contributed by atoms with Gasteiger partial charge in [0, 0.05) is 6.61 Å². The lowest BCUT2D eigenvalue weighted by molar-refractivity contribution is 0.0526. The number of rotatable bonds is 7. The molecule has 11 nitrogen and oxygen atoms in total. The van der Waals surface area contributed by atoms with E-state index in [0.717, 1.165) is 12.8 Å². The highest BCUT2D eigenvalue weighted by Crippen LogP contribution is 2.30. The molecular weight excluding hydrogens is 412 g/mol. The zero-order valence-electron chi connectivity index (χ0n) is 16.6. The Kier molecular flexibility index (Phi) is 5.77. The molecule has 1 aliphatic heterocycles. The fourth-order valence-electron chi connectivity index (χ4n) is 3.39. The number of hydrogen-bond donors (Lipinski definition) is 2. The highest BCUT2D eigenvalue weighted by atomic mass is 32.2. The predicted molar refractivity (Wildman–Crippen MR) is 108 cm³/mol. The smallest absolute Gasteiger partial charge is 0.344 e. The Balaban J connectivity index is 1.56. The maximum Gasteiger partial charge on any atom is 0.344 e. The highest BCUT2D eigenvalue weighted by Gasteiger charge is 2.24. The van der Waals surface area contributed by atoms with Crippen molar-refractivity contribution in [2.24, 2.45) is 0 Å². The molecule has 1 atom stereocenters. The number of thioether (sulfide) groups is 1. The number of carbonyl (C=O) groups is 1. The van der Waals surface area contributed by atoms with Crippen LogP contribution in [0.15, 0.2) is 14.4 Å². The van der Waals surface area contributed by atoms with Crippen LogP contribution < -0.4 is 11.4 Å². The quantitative estimate of drug-likeness (QED) is 0.415. The van der Waals surface area contributed by atoms with Gasteiger partial charge in [0.1, 0.15) is 23.0 Å². The number of furan rings is 1. The Morgan fingerprint density at radius 3 is 3.00 bits per heavy atom. The summed E-state index contributed by atoms with van der Waals surface area (Å²) in [6, 6.07) is 0. The second-order valence-corrected chi connectivity index (χ2v) is 7.75. The van der Waals surface area contributed by atoms with E-state index in [-0.39, 0.29) is 35.5 Å². The Morgan fingerprint density at radius 2 is 2.27 bits per heavy atom. The summed E-state index contributed by atoms with van der Waals surface area (Å²) < 4.78 is 17.9. The van der Waals surface area contributed by atoms with Crippen LogP contribution in [0.3, 0.4) is 0 Å². The summed E-state index contributed by atoms with van der Waals surface area (Å²) in [5.41, 5.74) is 6.27. The topological polar surface area (TPSA) is 151 Å². The van der Waals surface area contributed by atoms with Crippen LogP contribution in [0.5, 0.6) is 0 Å². The molecule has 1 saturated heterocycles. The van der Waals surface area contributed by atoms with E-state index in [2.05, 4.69) is 20.2 Å². The van der Waals surface area contributed by atoms with E-state index in [9.17, 15) is 9.59 Å². The number of nitrogens with one attached hydrogen (secondary N) is 1. The van der Waals surface area contributed by atoms with Gasteiger partial charge in [0.05, 0.1) is 30.4 Å². The average molecular weight is 434 g/mol. The molecule has 1 aliphatic rings. The van der Waals surface area contributed by atoms with Crippen LogP contribution in [0, 0.1) is 6.92 Å². The first-order valence-electron chi connectivity index (χ1n) is 9.60. The van der Waals surface area contributed by atoms with Crippen molar-refractivity contribution in [2.45, 2.75) is 50.2 Å². The van der Waals surface area contributed by atoms with Gasteiger partial charge in [-0.3, -0.25) is 4.57 Å². The molecule has 1 fully saturated rings. The minimum atomic E-state index is -0.527. The Morgan fingerprint density at radius 1 is 1.43 bits per heavy atom. The van der Waals surface area contributed by atoms with Crippen molar-refractivity contribution in [3.05, 3.63) is 27.6 Å². The molecule has 12 heteroatoms. The Labute approximate surface area is 175 Å². The van der Waals surface area contributed by atoms with Crippen LogP contribution in [0.1, 0.15) is 41.7 Å². The number of nitrogens with zero attached hydrogens (tertiary/aromatic N) is 4. The van der Waals surface area contributed by atoms with Crippen molar-refractivity contribution < 1.29 is 18.7 Å². The number of nitrogen functional groups attached to an aromatic ring is 1. The van der Waals surface area contributed by atoms with Crippen molar-refractivity contribution in [1.29, 1.82) is 0 Å². The number of hydrogen-bond acceptors (Lipinski definition) is 10. The number of aryl methyl sites for hydroxylation is 1. The van der Waals surface area contributed by atoms with E-state index < -0.39 is 5.97 Å². The third-order valence-electron chi connectivity index (χ3n) is 4.75. The van der Waals surface area contributed by atoms with E-state index in [1.165, 1.54) is 11.8 Å². The van der Waals surface area contributed by atoms with Crippen LogP contribution in [-0.4, -0.2) is 50.0 Å². The minimum absolute atomic E-state index is 0.00952. The van der Waals surface area contributed by atoms with Crippen molar-refractivity contribution in [2.75, 3.05) is 18.9 Å². The fraction of sp³-hybridized carbons (Fsp3) is 0.500. The van der Waals surface area contributed by atoms with E-state index in [1.807, 2.05) is 0 Å². The van der Waals surface area contributed by atoms with Gasteiger partial charge < -0.3 is 19.6 Å². The van der Waals surface area contributed by atoms with Gasteiger partial charge in [0.15, 0.2) is 5.16 Å². The van der Waals surface area contributed by atoms with Gasteiger partial charge >= 0.3 is 11.7 Å². The molecule has 0 aliphatic carbocycles. The normalized spacial score (nSPS) is 16.4. The van der Waals surface area contributed by atoms with Crippen molar-refractivity contribution >= 4 is 34.6 Å². The third kappa shape index (κ3) is 3.92. The van der Waals surface area contributed by atoms with Crippen LogP contribution in [-0.2, 0) is 21.8 Å². The molecule has 0 radical (unpaired) electrons.